The minimum Gasteiger partial charge on any atom is -0.314 e. The van der Waals surface area contributed by atoms with Gasteiger partial charge in [0.05, 0.1) is 0 Å². The van der Waals surface area contributed by atoms with Crippen molar-refractivity contribution in [3.63, 3.8) is 0 Å². The smallest absolute Gasteiger partial charge is 0.0233 e. The second kappa shape index (κ2) is 8.69. The fourth-order valence-corrected chi connectivity index (χ4v) is 4.10. The number of nitrogens with zero attached hydrogens (tertiary/aromatic N) is 1. The van der Waals surface area contributed by atoms with Gasteiger partial charge in [-0.1, -0.05) is 62.4 Å². The summed E-state index contributed by atoms with van der Waals surface area (Å²) in [5, 5.41) is 3.83. The minimum atomic E-state index is 0.760. The van der Waals surface area contributed by atoms with E-state index in [1.165, 1.54) is 76.6 Å². The van der Waals surface area contributed by atoms with Gasteiger partial charge < -0.3 is 5.32 Å². The maximum atomic E-state index is 3.83. The highest BCUT2D eigenvalue weighted by Gasteiger charge is 2.19. The van der Waals surface area contributed by atoms with E-state index in [1.54, 1.807) is 0 Å². The predicted octanol–water partition coefficient (Wildman–Crippen LogP) is 4.21. The van der Waals surface area contributed by atoms with E-state index in [1.807, 2.05) is 0 Å². The van der Waals surface area contributed by atoms with E-state index in [0.29, 0.717) is 0 Å². The van der Waals surface area contributed by atoms with E-state index in [4.69, 9.17) is 0 Å². The molecule has 1 aliphatic heterocycles. The van der Waals surface area contributed by atoms with Crippen LogP contribution in [0.5, 0.6) is 0 Å². The van der Waals surface area contributed by atoms with Crippen LogP contribution in [0.1, 0.15) is 56.9 Å². The topological polar surface area (TPSA) is 15.3 Å². The number of piperidine rings is 1. The lowest BCUT2D eigenvalue weighted by Gasteiger charge is -2.33. The zero-order valence-corrected chi connectivity index (χ0v) is 14.0. The summed E-state index contributed by atoms with van der Waals surface area (Å²) in [6, 6.07) is 11.6. The third kappa shape index (κ3) is 5.10. The molecule has 122 valence electrons. The summed E-state index contributed by atoms with van der Waals surface area (Å²) in [4.78, 5) is 2.61. The molecule has 3 rings (SSSR count). The zero-order valence-electron chi connectivity index (χ0n) is 14.0. The zero-order chi connectivity index (χ0) is 15.0. The van der Waals surface area contributed by atoms with Gasteiger partial charge in [-0.3, -0.25) is 4.90 Å². The van der Waals surface area contributed by atoms with Crippen LogP contribution in [0.3, 0.4) is 0 Å². The van der Waals surface area contributed by atoms with Crippen molar-refractivity contribution >= 4 is 0 Å². The van der Waals surface area contributed by atoms with Gasteiger partial charge in [-0.05, 0) is 50.4 Å². The van der Waals surface area contributed by atoms with E-state index in [-0.39, 0.29) is 0 Å². The van der Waals surface area contributed by atoms with Crippen LogP contribution < -0.4 is 5.32 Å². The minimum absolute atomic E-state index is 0.760. The van der Waals surface area contributed by atoms with Gasteiger partial charge in [-0.25, -0.2) is 0 Å². The molecule has 1 N–H and O–H groups in total. The first kappa shape index (κ1) is 16.0. The van der Waals surface area contributed by atoms with Crippen molar-refractivity contribution < 1.29 is 0 Å². The van der Waals surface area contributed by atoms with Gasteiger partial charge in [0.2, 0.25) is 0 Å². The lowest BCUT2D eigenvalue weighted by molar-refractivity contribution is 0.188. The van der Waals surface area contributed by atoms with Crippen LogP contribution in [0.25, 0.3) is 0 Å². The van der Waals surface area contributed by atoms with Crippen molar-refractivity contribution in [3.8, 4) is 0 Å². The highest BCUT2D eigenvalue weighted by atomic mass is 15.1. The van der Waals surface area contributed by atoms with Crippen molar-refractivity contribution in [2.75, 3.05) is 19.6 Å². The molecule has 1 aromatic rings. The van der Waals surface area contributed by atoms with Crippen molar-refractivity contribution in [2.45, 2.75) is 64.0 Å². The quantitative estimate of drug-likeness (QED) is 0.846. The molecule has 0 atom stereocenters. The normalized spacial score (nSPS) is 22.0. The van der Waals surface area contributed by atoms with Crippen molar-refractivity contribution in [2.24, 2.45) is 5.92 Å². The maximum absolute atomic E-state index is 3.83. The van der Waals surface area contributed by atoms with Gasteiger partial charge in [-0.15, -0.1) is 0 Å². The molecular weight excluding hydrogens is 268 g/mol. The third-order valence-electron chi connectivity index (χ3n) is 5.55. The molecule has 2 fully saturated rings. The first-order valence-corrected chi connectivity index (χ1v) is 9.40. The van der Waals surface area contributed by atoms with Crippen molar-refractivity contribution in [1.82, 2.24) is 10.2 Å². The van der Waals surface area contributed by atoms with Crippen LogP contribution in [0.2, 0.25) is 0 Å². The van der Waals surface area contributed by atoms with Gasteiger partial charge in [-0.2, -0.15) is 0 Å². The Morgan fingerprint density at radius 2 is 1.64 bits per heavy atom. The van der Waals surface area contributed by atoms with Crippen LogP contribution in [-0.4, -0.2) is 30.6 Å². The summed E-state index contributed by atoms with van der Waals surface area (Å²) in [6.45, 7) is 4.86. The summed E-state index contributed by atoms with van der Waals surface area (Å²) in [5.74, 6) is 1.01. The highest BCUT2D eigenvalue weighted by Crippen LogP contribution is 2.26. The molecule has 1 saturated carbocycles. The van der Waals surface area contributed by atoms with E-state index >= 15 is 0 Å². The Morgan fingerprint density at radius 1 is 0.909 bits per heavy atom. The second-order valence-electron chi connectivity index (χ2n) is 7.28. The number of benzene rings is 1. The second-order valence-corrected chi connectivity index (χ2v) is 7.28. The van der Waals surface area contributed by atoms with Gasteiger partial charge in [0.1, 0.15) is 0 Å². The van der Waals surface area contributed by atoms with Crippen LogP contribution in [0.4, 0.5) is 0 Å². The van der Waals surface area contributed by atoms with Crippen molar-refractivity contribution in [3.05, 3.63) is 35.9 Å². The van der Waals surface area contributed by atoms with Crippen LogP contribution >= 0.6 is 0 Å². The third-order valence-corrected chi connectivity index (χ3v) is 5.55. The molecule has 0 aromatic heterocycles. The fraction of sp³-hybridized carbons (Fsp3) is 0.700. The molecule has 1 heterocycles. The molecular formula is C20H32N2. The fourth-order valence-electron chi connectivity index (χ4n) is 4.10. The average Bonchev–Trinajstić information content (AvgIpc) is 2.58. The number of rotatable bonds is 6. The number of hydrogen-bond donors (Lipinski definition) is 1. The maximum Gasteiger partial charge on any atom is 0.0233 e. The van der Waals surface area contributed by atoms with E-state index in [9.17, 15) is 0 Å². The van der Waals surface area contributed by atoms with Crippen LogP contribution in [-0.2, 0) is 6.54 Å². The molecule has 1 aromatic carbocycles. The van der Waals surface area contributed by atoms with Gasteiger partial charge in [0.15, 0.2) is 0 Å². The molecule has 0 amide bonds. The average molecular weight is 300 g/mol. The standard InChI is InChI=1S/C20H32N2/c1-3-7-18(8-4-1)11-14-21-20-12-15-22(16-13-20)17-19-9-5-2-6-10-19/h2,5-6,9-10,18,20-21H,1,3-4,7-8,11-17H2. The lowest BCUT2D eigenvalue weighted by atomic mass is 9.87. The Bertz CT molecular complexity index is 403. The monoisotopic (exact) mass is 300 g/mol. The highest BCUT2D eigenvalue weighted by molar-refractivity contribution is 5.14. The summed E-state index contributed by atoms with van der Waals surface area (Å²) in [6.07, 6.45) is 11.4. The Morgan fingerprint density at radius 3 is 2.36 bits per heavy atom. The molecule has 1 aliphatic carbocycles. The number of hydrogen-bond acceptors (Lipinski definition) is 2. The predicted molar refractivity (Wildman–Crippen MR) is 93.9 cm³/mol. The largest absolute Gasteiger partial charge is 0.314 e. The SMILES string of the molecule is c1ccc(CN2CCC(NCCC3CCCCC3)CC2)cc1. The van der Waals surface area contributed by atoms with Crippen molar-refractivity contribution in [1.29, 1.82) is 0 Å². The van der Waals surface area contributed by atoms with Gasteiger partial charge in [0.25, 0.3) is 0 Å². The Kier molecular flexibility index (Phi) is 6.32. The molecule has 0 unspecified atom stereocenters. The summed E-state index contributed by atoms with van der Waals surface area (Å²) in [7, 11) is 0. The molecule has 1 saturated heterocycles. The van der Waals surface area contributed by atoms with E-state index < -0.39 is 0 Å². The summed E-state index contributed by atoms with van der Waals surface area (Å²) in [5.41, 5.74) is 1.45. The first-order chi connectivity index (χ1) is 10.9. The number of nitrogens with one attached hydrogen (secondary N) is 1. The van der Waals surface area contributed by atoms with Gasteiger partial charge in [0, 0.05) is 12.6 Å². The summed E-state index contributed by atoms with van der Waals surface area (Å²) < 4.78 is 0. The lowest BCUT2D eigenvalue weighted by Crippen LogP contribution is -2.42. The van der Waals surface area contributed by atoms with Gasteiger partial charge >= 0.3 is 0 Å². The Hall–Kier alpha value is -0.860. The van der Waals surface area contributed by atoms with E-state index in [0.717, 1.165) is 18.5 Å². The van der Waals surface area contributed by atoms with E-state index in [2.05, 4.69) is 40.5 Å². The molecule has 2 nitrogen and oxygen atoms in total. The molecule has 0 spiro atoms. The van der Waals surface area contributed by atoms with Crippen LogP contribution in [0, 0.1) is 5.92 Å². The Balaban J connectivity index is 1.30. The molecule has 2 heteroatoms. The first-order valence-electron chi connectivity index (χ1n) is 9.40. The summed E-state index contributed by atoms with van der Waals surface area (Å²) >= 11 is 0. The molecule has 0 bridgehead atoms. The molecule has 0 radical (unpaired) electrons. The van der Waals surface area contributed by atoms with Crippen LogP contribution in [0.15, 0.2) is 30.3 Å². The Labute approximate surface area is 136 Å². The number of likely N-dealkylation sites (tertiary alicyclic amines) is 1. The molecule has 2 aliphatic rings. The molecule has 22 heavy (non-hydrogen) atoms.